The molecule has 0 N–H and O–H groups in total. The maximum Gasteiger partial charge on any atom is 0.151 e. The molecule has 0 aliphatic carbocycles. The van der Waals surface area contributed by atoms with Gasteiger partial charge in [0.25, 0.3) is 0 Å². The Kier molecular flexibility index (Phi) is 5.18. The average Bonchev–Trinajstić information content (AvgIpc) is 2.47. The van der Waals surface area contributed by atoms with Crippen molar-refractivity contribution in [2.24, 2.45) is 0 Å². The molecule has 104 valence electrons. The van der Waals surface area contributed by atoms with E-state index < -0.39 is 0 Å². The Bertz CT molecular complexity index is 579. The van der Waals surface area contributed by atoms with Crippen LogP contribution in [0.5, 0.6) is 17.2 Å². The molecule has 0 aliphatic rings. The maximum atomic E-state index is 10.7. The zero-order valence-corrected chi connectivity index (χ0v) is 12.7. The van der Waals surface area contributed by atoms with Gasteiger partial charge in [-0.2, -0.15) is 0 Å². The molecule has 0 saturated heterocycles. The summed E-state index contributed by atoms with van der Waals surface area (Å²) in [5.41, 5.74) is 0.598. The zero-order chi connectivity index (χ0) is 14.4. The van der Waals surface area contributed by atoms with Crippen LogP contribution in [-0.2, 0) is 0 Å². The van der Waals surface area contributed by atoms with Crippen LogP contribution in [-0.4, -0.2) is 12.9 Å². The van der Waals surface area contributed by atoms with E-state index in [0.29, 0.717) is 22.4 Å². The predicted octanol–water partition coefficient (Wildman–Crippen LogP) is 4.84. The summed E-state index contributed by atoms with van der Waals surface area (Å²) >= 11 is 3.33. The van der Waals surface area contributed by atoms with E-state index in [4.69, 9.17) is 9.47 Å². The Labute approximate surface area is 126 Å². The van der Waals surface area contributed by atoms with Gasteiger partial charge in [-0.05, 0) is 64.8 Å². The van der Waals surface area contributed by atoms with Crippen molar-refractivity contribution in [3.05, 3.63) is 52.5 Å². The number of carbonyl (C=O) groups excluding carboxylic acids is 1. The normalized spacial score (nSPS) is 10.1. The highest BCUT2D eigenvalue weighted by molar-refractivity contribution is 9.10. The van der Waals surface area contributed by atoms with Gasteiger partial charge in [0.15, 0.2) is 6.29 Å². The largest absolute Gasteiger partial charge is 0.494 e. The van der Waals surface area contributed by atoms with E-state index in [1.54, 1.807) is 18.2 Å². The van der Waals surface area contributed by atoms with Crippen LogP contribution in [0.15, 0.2) is 46.9 Å². The molecule has 0 unspecified atom stereocenters. The van der Waals surface area contributed by atoms with E-state index in [0.717, 1.165) is 24.2 Å². The number of hydrogen-bond donors (Lipinski definition) is 0. The summed E-state index contributed by atoms with van der Waals surface area (Å²) in [6.45, 7) is 2.78. The van der Waals surface area contributed by atoms with Gasteiger partial charge in [-0.25, -0.2) is 0 Å². The molecule has 0 saturated carbocycles. The van der Waals surface area contributed by atoms with Crippen LogP contribution in [0.2, 0.25) is 0 Å². The fraction of sp³-hybridized carbons (Fsp3) is 0.188. The van der Waals surface area contributed by atoms with Crippen molar-refractivity contribution in [3.63, 3.8) is 0 Å². The summed E-state index contributed by atoms with van der Waals surface area (Å²) in [4.78, 5) is 10.7. The number of hydrogen-bond acceptors (Lipinski definition) is 3. The van der Waals surface area contributed by atoms with Gasteiger partial charge in [-0.3, -0.25) is 4.79 Å². The van der Waals surface area contributed by atoms with Gasteiger partial charge in [0.05, 0.1) is 6.61 Å². The topological polar surface area (TPSA) is 35.5 Å². The number of rotatable bonds is 6. The lowest BCUT2D eigenvalue weighted by molar-refractivity contribution is 0.112. The Balaban J connectivity index is 2.06. The van der Waals surface area contributed by atoms with Crippen molar-refractivity contribution in [2.75, 3.05) is 6.61 Å². The van der Waals surface area contributed by atoms with Crippen LogP contribution in [0, 0.1) is 0 Å². The SMILES string of the molecule is CCCOc1ccc(Oc2ccc(C=O)c(Br)c2)cc1. The molecule has 0 heterocycles. The van der Waals surface area contributed by atoms with E-state index in [1.165, 1.54) is 0 Å². The summed E-state index contributed by atoms with van der Waals surface area (Å²) in [5, 5.41) is 0. The highest BCUT2D eigenvalue weighted by Gasteiger charge is 2.03. The third-order valence-electron chi connectivity index (χ3n) is 2.63. The molecule has 2 aromatic carbocycles. The van der Waals surface area contributed by atoms with Crippen molar-refractivity contribution in [1.82, 2.24) is 0 Å². The zero-order valence-electron chi connectivity index (χ0n) is 11.1. The quantitative estimate of drug-likeness (QED) is 0.709. The lowest BCUT2D eigenvalue weighted by Gasteiger charge is -2.08. The molecule has 0 amide bonds. The van der Waals surface area contributed by atoms with Crippen molar-refractivity contribution in [2.45, 2.75) is 13.3 Å². The molecule has 20 heavy (non-hydrogen) atoms. The van der Waals surface area contributed by atoms with Gasteiger partial charge in [0, 0.05) is 10.0 Å². The fourth-order valence-corrected chi connectivity index (χ4v) is 2.08. The number of ether oxygens (including phenoxy) is 2. The molecule has 0 radical (unpaired) electrons. The molecular weight excluding hydrogens is 320 g/mol. The molecule has 0 bridgehead atoms. The Morgan fingerprint density at radius 1 is 1.05 bits per heavy atom. The summed E-state index contributed by atoms with van der Waals surface area (Å²) in [7, 11) is 0. The van der Waals surface area contributed by atoms with Gasteiger partial charge in [-0.15, -0.1) is 0 Å². The minimum atomic E-state index is 0.598. The van der Waals surface area contributed by atoms with Gasteiger partial charge in [-0.1, -0.05) is 6.92 Å². The van der Waals surface area contributed by atoms with Gasteiger partial charge in [0.2, 0.25) is 0 Å². The lowest BCUT2D eigenvalue weighted by Crippen LogP contribution is -1.94. The first-order valence-electron chi connectivity index (χ1n) is 6.38. The molecule has 0 fully saturated rings. The molecule has 0 aromatic heterocycles. The second-order valence-corrected chi connectivity index (χ2v) is 5.08. The first-order chi connectivity index (χ1) is 9.72. The van der Waals surface area contributed by atoms with Crippen LogP contribution >= 0.6 is 15.9 Å². The minimum absolute atomic E-state index is 0.598. The number of carbonyl (C=O) groups is 1. The second-order valence-electron chi connectivity index (χ2n) is 4.22. The molecule has 3 nitrogen and oxygen atoms in total. The van der Waals surface area contributed by atoms with E-state index in [1.807, 2.05) is 24.3 Å². The number of benzene rings is 2. The second kappa shape index (κ2) is 7.10. The standard InChI is InChI=1S/C16H15BrO3/c1-2-9-19-13-5-7-14(8-6-13)20-15-4-3-12(11-18)16(17)10-15/h3-8,10-11H,2,9H2,1H3. The Morgan fingerprint density at radius 3 is 2.30 bits per heavy atom. The van der Waals surface area contributed by atoms with Crippen LogP contribution in [0.4, 0.5) is 0 Å². The van der Waals surface area contributed by atoms with Gasteiger partial charge in [0.1, 0.15) is 17.2 Å². The van der Waals surface area contributed by atoms with Crippen LogP contribution in [0.3, 0.4) is 0 Å². The average molecular weight is 335 g/mol. The van der Waals surface area contributed by atoms with Crippen molar-refractivity contribution < 1.29 is 14.3 Å². The molecule has 0 atom stereocenters. The van der Waals surface area contributed by atoms with Crippen LogP contribution < -0.4 is 9.47 Å². The smallest absolute Gasteiger partial charge is 0.151 e. The third-order valence-corrected chi connectivity index (χ3v) is 3.32. The maximum absolute atomic E-state index is 10.7. The van der Waals surface area contributed by atoms with Gasteiger partial charge < -0.3 is 9.47 Å². The molecule has 4 heteroatoms. The lowest BCUT2D eigenvalue weighted by atomic mass is 10.2. The summed E-state index contributed by atoms with van der Waals surface area (Å²) in [6.07, 6.45) is 1.78. The van der Waals surface area contributed by atoms with Crippen molar-refractivity contribution in [1.29, 1.82) is 0 Å². The van der Waals surface area contributed by atoms with E-state index >= 15 is 0 Å². The highest BCUT2D eigenvalue weighted by atomic mass is 79.9. The van der Waals surface area contributed by atoms with E-state index in [9.17, 15) is 4.79 Å². The van der Waals surface area contributed by atoms with Crippen molar-refractivity contribution in [3.8, 4) is 17.2 Å². The minimum Gasteiger partial charge on any atom is -0.494 e. The molecule has 0 aliphatic heterocycles. The van der Waals surface area contributed by atoms with Crippen LogP contribution in [0.1, 0.15) is 23.7 Å². The molecule has 2 rings (SSSR count). The number of halogens is 1. The highest BCUT2D eigenvalue weighted by Crippen LogP contribution is 2.27. The Morgan fingerprint density at radius 2 is 1.70 bits per heavy atom. The van der Waals surface area contributed by atoms with E-state index in [-0.39, 0.29) is 0 Å². The summed E-state index contributed by atoms with van der Waals surface area (Å²) in [5.74, 6) is 2.22. The van der Waals surface area contributed by atoms with Crippen LogP contribution in [0.25, 0.3) is 0 Å². The fourth-order valence-electron chi connectivity index (χ4n) is 1.63. The predicted molar refractivity (Wildman–Crippen MR) is 81.8 cm³/mol. The van der Waals surface area contributed by atoms with Gasteiger partial charge >= 0.3 is 0 Å². The Hall–Kier alpha value is -1.81. The first-order valence-corrected chi connectivity index (χ1v) is 7.17. The monoisotopic (exact) mass is 334 g/mol. The summed E-state index contributed by atoms with van der Waals surface area (Å²) < 4.78 is 11.9. The number of aldehydes is 1. The summed E-state index contributed by atoms with van der Waals surface area (Å²) in [6, 6.07) is 12.7. The molecule has 0 spiro atoms. The third kappa shape index (κ3) is 3.84. The van der Waals surface area contributed by atoms with E-state index in [2.05, 4.69) is 22.9 Å². The molecule has 2 aromatic rings. The van der Waals surface area contributed by atoms with Crippen molar-refractivity contribution >= 4 is 22.2 Å². The molecular formula is C16H15BrO3. The first kappa shape index (κ1) is 14.6.